The Kier molecular flexibility index (Phi) is 3.37. The molecule has 0 saturated heterocycles. The number of rotatable bonds is 4. The highest BCUT2D eigenvalue weighted by Crippen LogP contribution is 2.38. The summed E-state index contributed by atoms with van der Waals surface area (Å²) in [7, 11) is 3.05. The topological polar surface area (TPSA) is 111 Å². The second kappa shape index (κ2) is 5.35. The van der Waals surface area contributed by atoms with Gasteiger partial charge >= 0.3 is 5.97 Å². The van der Waals surface area contributed by atoms with E-state index < -0.39 is 12.0 Å². The number of hydrogen-bond acceptors (Lipinski definition) is 7. The van der Waals surface area contributed by atoms with Crippen LogP contribution >= 0.6 is 0 Å². The maximum atomic E-state index is 11.3. The van der Waals surface area contributed by atoms with Crippen molar-refractivity contribution in [2.75, 3.05) is 19.5 Å². The van der Waals surface area contributed by atoms with E-state index in [0.29, 0.717) is 17.1 Å². The van der Waals surface area contributed by atoms with Crippen LogP contribution < -0.4 is 14.8 Å². The van der Waals surface area contributed by atoms with E-state index in [1.807, 2.05) is 0 Å². The van der Waals surface area contributed by atoms with Crippen LogP contribution in [0.15, 0.2) is 30.0 Å². The van der Waals surface area contributed by atoms with Crippen molar-refractivity contribution in [3.8, 4) is 11.5 Å². The second-order valence-electron chi connectivity index (χ2n) is 4.49. The Morgan fingerprint density at radius 1 is 1.36 bits per heavy atom. The Labute approximate surface area is 125 Å². The molecule has 0 spiro atoms. The lowest BCUT2D eigenvalue weighted by atomic mass is 10.0. The van der Waals surface area contributed by atoms with Gasteiger partial charge in [0, 0.05) is 5.56 Å². The number of aromatic nitrogens is 4. The molecule has 1 aliphatic heterocycles. The van der Waals surface area contributed by atoms with Crippen molar-refractivity contribution >= 4 is 11.9 Å². The van der Waals surface area contributed by atoms with Crippen LogP contribution in [0.5, 0.6) is 11.5 Å². The molecule has 0 amide bonds. The van der Waals surface area contributed by atoms with Gasteiger partial charge in [-0.2, -0.15) is 4.68 Å². The number of carboxylic acids is 1. The van der Waals surface area contributed by atoms with Crippen molar-refractivity contribution in [1.82, 2.24) is 20.2 Å². The maximum absolute atomic E-state index is 11.3. The predicted molar refractivity (Wildman–Crippen MR) is 74.8 cm³/mol. The van der Waals surface area contributed by atoms with E-state index in [9.17, 15) is 9.90 Å². The Morgan fingerprint density at radius 3 is 2.86 bits per heavy atom. The minimum Gasteiger partial charge on any atom is -0.493 e. The monoisotopic (exact) mass is 303 g/mol. The molecule has 9 heteroatoms. The number of benzene rings is 1. The molecule has 1 atom stereocenters. The van der Waals surface area contributed by atoms with Crippen molar-refractivity contribution in [1.29, 1.82) is 0 Å². The summed E-state index contributed by atoms with van der Waals surface area (Å²) in [6.45, 7) is 0. The summed E-state index contributed by atoms with van der Waals surface area (Å²) in [5.74, 6) is 0.189. The normalized spacial score (nSPS) is 16.3. The third kappa shape index (κ3) is 2.12. The van der Waals surface area contributed by atoms with Gasteiger partial charge in [0.05, 0.1) is 14.2 Å². The zero-order valence-electron chi connectivity index (χ0n) is 11.8. The summed E-state index contributed by atoms with van der Waals surface area (Å²) >= 11 is 0. The number of fused-ring (bicyclic) bond motifs is 1. The number of para-hydroxylation sites is 1. The molecule has 0 unspecified atom stereocenters. The molecule has 0 fully saturated rings. The zero-order chi connectivity index (χ0) is 15.7. The number of methoxy groups -OCH3 is 2. The molecule has 9 nitrogen and oxygen atoms in total. The number of nitrogens with zero attached hydrogens (tertiary/aromatic N) is 4. The smallest absolute Gasteiger partial charge is 0.352 e. The third-order valence-corrected chi connectivity index (χ3v) is 3.31. The number of anilines is 1. The molecule has 2 heterocycles. The van der Waals surface area contributed by atoms with Gasteiger partial charge in [-0.25, -0.2) is 4.79 Å². The SMILES string of the molecule is COc1cccc([C@@H]2C=C(C(=O)O)Nc3nnnn32)c1OC. The van der Waals surface area contributed by atoms with Gasteiger partial charge < -0.3 is 19.9 Å². The van der Waals surface area contributed by atoms with Gasteiger partial charge in [0.25, 0.3) is 0 Å². The standard InChI is InChI=1S/C13H13N5O4/c1-21-10-5-3-4-7(11(10)22-2)9-6-8(12(19)20)14-13-15-16-17-18(9)13/h3-6,9H,1-2H3,(H,19,20)(H,14,15,17)/t9-/m0/s1. The first-order chi connectivity index (χ1) is 10.7. The largest absolute Gasteiger partial charge is 0.493 e. The molecular weight excluding hydrogens is 290 g/mol. The van der Waals surface area contributed by atoms with Gasteiger partial charge in [-0.05, 0) is 22.6 Å². The Bertz CT molecular complexity index is 755. The van der Waals surface area contributed by atoms with Crippen molar-refractivity contribution in [2.24, 2.45) is 0 Å². The van der Waals surface area contributed by atoms with E-state index in [0.717, 1.165) is 0 Å². The highest BCUT2D eigenvalue weighted by molar-refractivity contribution is 5.90. The molecule has 0 radical (unpaired) electrons. The molecular formula is C13H13N5O4. The number of allylic oxidation sites excluding steroid dienone is 1. The molecule has 0 aliphatic carbocycles. The van der Waals surface area contributed by atoms with E-state index in [1.54, 1.807) is 18.2 Å². The van der Waals surface area contributed by atoms with E-state index in [2.05, 4.69) is 20.8 Å². The molecule has 2 N–H and O–H groups in total. The Balaban J connectivity index is 2.17. The second-order valence-corrected chi connectivity index (χ2v) is 4.49. The van der Waals surface area contributed by atoms with Gasteiger partial charge in [0.15, 0.2) is 11.5 Å². The van der Waals surface area contributed by atoms with Crippen molar-refractivity contribution < 1.29 is 19.4 Å². The van der Waals surface area contributed by atoms with Crippen LogP contribution in [0.25, 0.3) is 0 Å². The van der Waals surface area contributed by atoms with Gasteiger partial charge in [-0.15, -0.1) is 0 Å². The average Bonchev–Trinajstić information content (AvgIpc) is 3.01. The number of carboxylic acid groups (broad SMARTS) is 1. The van der Waals surface area contributed by atoms with Crippen molar-refractivity contribution in [3.63, 3.8) is 0 Å². The van der Waals surface area contributed by atoms with E-state index in [4.69, 9.17) is 9.47 Å². The van der Waals surface area contributed by atoms with Crippen LogP contribution in [0.4, 0.5) is 5.95 Å². The summed E-state index contributed by atoms with van der Waals surface area (Å²) in [5.41, 5.74) is 0.688. The van der Waals surface area contributed by atoms with E-state index in [-0.39, 0.29) is 11.6 Å². The number of ether oxygens (including phenoxy) is 2. The first-order valence-electron chi connectivity index (χ1n) is 6.36. The van der Waals surface area contributed by atoms with Crippen molar-refractivity contribution in [2.45, 2.75) is 6.04 Å². The fraction of sp³-hybridized carbons (Fsp3) is 0.231. The van der Waals surface area contributed by atoms with Gasteiger partial charge in [0.2, 0.25) is 5.95 Å². The van der Waals surface area contributed by atoms with Crippen molar-refractivity contribution in [3.05, 3.63) is 35.5 Å². The fourth-order valence-corrected chi connectivity index (χ4v) is 2.35. The maximum Gasteiger partial charge on any atom is 0.352 e. The molecule has 0 saturated carbocycles. The summed E-state index contributed by atoms with van der Waals surface area (Å²) in [4.78, 5) is 11.3. The van der Waals surface area contributed by atoms with E-state index in [1.165, 1.54) is 25.0 Å². The molecule has 1 aromatic carbocycles. The summed E-state index contributed by atoms with van der Waals surface area (Å²) in [6, 6.07) is 4.82. The molecule has 114 valence electrons. The lowest BCUT2D eigenvalue weighted by Gasteiger charge is -2.23. The number of carbonyl (C=O) groups is 1. The van der Waals surface area contributed by atoms with Crippen LogP contribution in [-0.2, 0) is 4.79 Å². The molecule has 2 aromatic rings. The predicted octanol–water partition coefficient (Wildman–Crippen LogP) is 0.674. The molecule has 0 bridgehead atoms. The minimum absolute atomic E-state index is 0.00262. The van der Waals surface area contributed by atoms with E-state index >= 15 is 0 Å². The van der Waals surface area contributed by atoms with Gasteiger partial charge in [0.1, 0.15) is 11.7 Å². The highest BCUT2D eigenvalue weighted by atomic mass is 16.5. The van der Waals surface area contributed by atoms with Crippen LogP contribution in [0.3, 0.4) is 0 Å². The number of nitrogens with one attached hydrogen (secondary N) is 1. The summed E-state index contributed by atoms with van der Waals surface area (Å²) in [5, 5.41) is 23.1. The first kappa shape index (κ1) is 13.9. The first-order valence-corrected chi connectivity index (χ1v) is 6.36. The van der Waals surface area contributed by atoms with Crippen LogP contribution in [0.2, 0.25) is 0 Å². The summed E-state index contributed by atoms with van der Waals surface area (Å²) < 4.78 is 12.2. The van der Waals surface area contributed by atoms with Crippen LogP contribution in [0.1, 0.15) is 11.6 Å². The third-order valence-electron chi connectivity index (χ3n) is 3.31. The molecule has 3 rings (SSSR count). The zero-order valence-corrected chi connectivity index (χ0v) is 11.8. The number of aliphatic carboxylic acids is 1. The number of hydrogen-bond donors (Lipinski definition) is 2. The quantitative estimate of drug-likeness (QED) is 0.848. The average molecular weight is 303 g/mol. The molecule has 22 heavy (non-hydrogen) atoms. The van der Waals surface area contributed by atoms with Crippen LogP contribution in [0, 0.1) is 0 Å². The minimum atomic E-state index is -1.10. The molecule has 1 aromatic heterocycles. The van der Waals surface area contributed by atoms with Gasteiger partial charge in [-0.3, -0.25) is 0 Å². The van der Waals surface area contributed by atoms with Gasteiger partial charge in [-0.1, -0.05) is 17.2 Å². The lowest BCUT2D eigenvalue weighted by Crippen LogP contribution is -2.24. The fourth-order valence-electron chi connectivity index (χ4n) is 2.35. The highest BCUT2D eigenvalue weighted by Gasteiger charge is 2.29. The molecule has 1 aliphatic rings. The van der Waals surface area contributed by atoms with Crippen LogP contribution in [-0.4, -0.2) is 45.5 Å². The Hall–Kier alpha value is -3.10. The lowest BCUT2D eigenvalue weighted by molar-refractivity contribution is -0.132. The summed E-state index contributed by atoms with van der Waals surface area (Å²) in [6.07, 6.45) is 1.52. The Morgan fingerprint density at radius 2 is 2.18 bits per heavy atom. The number of tetrazole rings is 1.